The Morgan fingerprint density at radius 3 is 2.00 bits per heavy atom. The third-order valence-electron chi connectivity index (χ3n) is 3.01. The van der Waals surface area contributed by atoms with Crippen LogP contribution in [0.2, 0.25) is 0 Å². The molecule has 2 rings (SSSR count). The predicted molar refractivity (Wildman–Crippen MR) is 79.1 cm³/mol. The van der Waals surface area contributed by atoms with Crippen LogP contribution in [0.3, 0.4) is 0 Å². The number of aryl methyl sites for hydroxylation is 2. The summed E-state index contributed by atoms with van der Waals surface area (Å²) in [7, 11) is -2.18. The third-order valence-corrected chi connectivity index (χ3v) is 4.30. The van der Waals surface area contributed by atoms with Gasteiger partial charge in [0.1, 0.15) is 15.8 Å². The van der Waals surface area contributed by atoms with Crippen molar-refractivity contribution in [2.45, 2.75) is 18.7 Å². The summed E-state index contributed by atoms with van der Waals surface area (Å²) in [5, 5.41) is 0. The number of sulfonamides is 1. The van der Waals surface area contributed by atoms with Crippen molar-refractivity contribution in [1.82, 2.24) is 0 Å². The second kappa shape index (κ2) is 5.54. The number of methoxy groups -OCH3 is 1. The molecule has 106 valence electrons. The van der Waals surface area contributed by atoms with Gasteiger partial charge in [0, 0.05) is 0 Å². The topological polar surface area (TPSA) is 57.5 Å². The van der Waals surface area contributed by atoms with Crippen LogP contribution in [0.4, 0.5) is 5.69 Å². The van der Waals surface area contributed by atoms with E-state index in [1.54, 1.807) is 12.1 Å². The maximum absolute atomic E-state index is 12.3. The molecule has 5 heteroatoms. The summed E-state index contributed by atoms with van der Waals surface area (Å²) in [5.41, 5.74) is 2.17. The minimum Gasteiger partial charge on any atom is -0.572 e. The second-order valence-electron chi connectivity index (χ2n) is 4.48. The summed E-state index contributed by atoms with van der Waals surface area (Å²) < 4.78 is 33.6. The molecule has 0 radical (unpaired) electrons. The fraction of sp³-hybridized carbons (Fsp3) is 0.200. The average Bonchev–Trinajstić information content (AvgIpc) is 2.43. The standard InChI is InChI=1S/C15H16NO3S/c1-11-5-4-6-12(2)15(11)16-20(17,18)14-9-7-13(19-3)8-10-14/h4-10H,1-3H3/q-1. The normalized spacial score (nSPS) is 11.2. The highest BCUT2D eigenvalue weighted by atomic mass is 32.2. The molecular weight excluding hydrogens is 274 g/mol. The number of nitrogens with zero attached hydrogens (tertiary/aromatic N) is 1. The molecule has 0 heterocycles. The van der Waals surface area contributed by atoms with E-state index in [1.165, 1.54) is 19.2 Å². The van der Waals surface area contributed by atoms with Crippen LogP contribution in [0.5, 0.6) is 5.75 Å². The largest absolute Gasteiger partial charge is 0.572 e. The summed E-state index contributed by atoms with van der Waals surface area (Å²) in [6.07, 6.45) is 0. The van der Waals surface area contributed by atoms with Crippen molar-refractivity contribution in [3.8, 4) is 5.75 Å². The molecule has 0 aliphatic rings. The van der Waals surface area contributed by atoms with Crippen molar-refractivity contribution in [2.24, 2.45) is 0 Å². The van der Waals surface area contributed by atoms with Crippen molar-refractivity contribution in [3.05, 3.63) is 58.3 Å². The van der Waals surface area contributed by atoms with E-state index in [1.807, 2.05) is 32.0 Å². The molecule has 0 fully saturated rings. The van der Waals surface area contributed by atoms with Crippen LogP contribution in [0, 0.1) is 13.8 Å². The maximum atomic E-state index is 12.3. The molecule has 0 saturated carbocycles. The van der Waals surface area contributed by atoms with Gasteiger partial charge in [-0.3, -0.25) is 0 Å². The van der Waals surface area contributed by atoms with Gasteiger partial charge in [0.25, 0.3) is 0 Å². The Kier molecular flexibility index (Phi) is 3.99. The summed E-state index contributed by atoms with van der Waals surface area (Å²) in [4.78, 5) is 0.154. The van der Waals surface area contributed by atoms with Gasteiger partial charge in [-0.15, -0.1) is 5.69 Å². The van der Waals surface area contributed by atoms with Crippen LogP contribution in [0.25, 0.3) is 4.72 Å². The number of hydrogen-bond donors (Lipinski definition) is 0. The summed E-state index contributed by atoms with van der Waals surface area (Å²) >= 11 is 0. The van der Waals surface area contributed by atoms with Gasteiger partial charge in [0.15, 0.2) is 0 Å². The molecule has 2 aromatic rings. The molecule has 0 N–H and O–H groups in total. The lowest BCUT2D eigenvalue weighted by molar-refractivity contribution is 0.414. The van der Waals surface area contributed by atoms with Crippen LogP contribution in [-0.4, -0.2) is 15.5 Å². The SMILES string of the molecule is COc1ccc(S(=O)(=O)[N-]c2c(C)cccc2C)cc1. The molecule has 2 aromatic carbocycles. The van der Waals surface area contributed by atoms with Crippen LogP contribution >= 0.6 is 0 Å². The molecule has 0 amide bonds. The van der Waals surface area contributed by atoms with Crippen LogP contribution in [-0.2, 0) is 10.0 Å². The van der Waals surface area contributed by atoms with Gasteiger partial charge in [-0.1, -0.05) is 29.3 Å². The fourth-order valence-corrected chi connectivity index (χ4v) is 2.98. The maximum Gasteiger partial charge on any atom is 0.123 e. The summed E-state index contributed by atoms with van der Waals surface area (Å²) in [6, 6.07) is 11.8. The number of rotatable bonds is 4. The van der Waals surface area contributed by atoms with Crippen molar-refractivity contribution in [2.75, 3.05) is 7.11 Å². The van der Waals surface area contributed by atoms with E-state index in [-0.39, 0.29) is 4.90 Å². The smallest absolute Gasteiger partial charge is 0.123 e. The van der Waals surface area contributed by atoms with Crippen LogP contribution in [0.15, 0.2) is 47.4 Å². The average molecular weight is 290 g/mol. The van der Waals surface area contributed by atoms with Crippen molar-refractivity contribution >= 4 is 15.7 Å². The van der Waals surface area contributed by atoms with Gasteiger partial charge < -0.3 is 9.46 Å². The Morgan fingerprint density at radius 1 is 0.950 bits per heavy atom. The molecule has 0 aliphatic carbocycles. The number of hydrogen-bond acceptors (Lipinski definition) is 3. The van der Waals surface area contributed by atoms with Crippen LogP contribution < -0.4 is 4.74 Å². The van der Waals surface area contributed by atoms with Gasteiger partial charge in [-0.25, -0.2) is 8.42 Å². The Bertz CT molecular complexity index is 686. The van der Waals surface area contributed by atoms with Crippen LogP contribution in [0.1, 0.15) is 11.1 Å². The zero-order valence-corrected chi connectivity index (χ0v) is 12.4. The first-order chi connectivity index (χ1) is 9.44. The lowest BCUT2D eigenvalue weighted by Crippen LogP contribution is -1.99. The number of ether oxygens (including phenoxy) is 1. The van der Waals surface area contributed by atoms with Gasteiger partial charge in [0.2, 0.25) is 0 Å². The third kappa shape index (κ3) is 2.93. The van der Waals surface area contributed by atoms with E-state index < -0.39 is 10.0 Å². The summed E-state index contributed by atoms with van der Waals surface area (Å²) in [5.74, 6) is 0.607. The first-order valence-electron chi connectivity index (χ1n) is 6.12. The molecule has 0 aliphatic heterocycles. The van der Waals surface area contributed by atoms with E-state index in [0.717, 1.165) is 11.1 Å². The van der Waals surface area contributed by atoms with Crippen molar-refractivity contribution < 1.29 is 13.2 Å². The lowest BCUT2D eigenvalue weighted by atomic mass is 10.1. The predicted octanol–water partition coefficient (Wildman–Crippen LogP) is 3.71. The van der Waals surface area contributed by atoms with Gasteiger partial charge in [0.05, 0.1) is 12.0 Å². The Hall–Kier alpha value is -2.01. The first kappa shape index (κ1) is 14.4. The Morgan fingerprint density at radius 2 is 1.50 bits per heavy atom. The first-order valence-corrected chi connectivity index (χ1v) is 7.56. The Balaban J connectivity index is 2.35. The Labute approximate surface area is 119 Å². The molecule has 0 spiro atoms. The highest BCUT2D eigenvalue weighted by molar-refractivity contribution is 7.94. The molecule has 0 atom stereocenters. The molecular formula is C15H16NO3S-. The molecule has 0 unspecified atom stereocenters. The quantitative estimate of drug-likeness (QED) is 0.862. The lowest BCUT2D eigenvalue weighted by Gasteiger charge is -2.26. The molecule has 4 nitrogen and oxygen atoms in total. The van der Waals surface area contributed by atoms with E-state index in [4.69, 9.17) is 4.74 Å². The van der Waals surface area contributed by atoms with Crippen molar-refractivity contribution in [3.63, 3.8) is 0 Å². The zero-order chi connectivity index (χ0) is 14.8. The van der Waals surface area contributed by atoms with E-state index >= 15 is 0 Å². The monoisotopic (exact) mass is 290 g/mol. The minimum atomic E-state index is -3.71. The zero-order valence-electron chi connectivity index (χ0n) is 11.6. The molecule has 0 saturated heterocycles. The minimum absolute atomic E-state index is 0.154. The van der Waals surface area contributed by atoms with Gasteiger partial charge >= 0.3 is 0 Å². The second-order valence-corrected chi connectivity index (χ2v) is 6.09. The number of benzene rings is 2. The van der Waals surface area contributed by atoms with E-state index in [0.29, 0.717) is 11.4 Å². The molecule has 0 aromatic heterocycles. The van der Waals surface area contributed by atoms with Gasteiger partial charge in [-0.05, 0) is 38.1 Å². The van der Waals surface area contributed by atoms with E-state index in [2.05, 4.69) is 4.72 Å². The molecule has 0 bridgehead atoms. The van der Waals surface area contributed by atoms with Crippen molar-refractivity contribution in [1.29, 1.82) is 0 Å². The fourth-order valence-electron chi connectivity index (χ4n) is 1.87. The van der Waals surface area contributed by atoms with Gasteiger partial charge in [-0.2, -0.15) is 0 Å². The summed E-state index contributed by atoms with van der Waals surface area (Å²) in [6.45, 7) is 3.69. The van der Waals surface area contributed by atoms with E-state index in [9.17, 15) is 8.42 Å². The highest BCUT2D eigenvalue weighted by Crippen LogP contribution is 2.33. The highest BCUT2D eigenvalue weighted by Gasteiger charge is 2.06. The molecule has 20 heavy (non-hydrogen) atoms.